The van der Waals surface area contributed by atoms with E-state index in [0.717, 1.165) is 60.1 Å². The SMILES string of the molecule is CCCCCC(=O)N(C)Cc1cccc(-c2ccc(CCC(=O)O)cc2CCc2cccc(OC(C)C)c2)c1. The van der Waals surface area contributed by atoms with Crippen LogP contribution in [0, 0.1) is 0 Å². The van der Waals surface area contributed by atoms with Crippen LogP contribution in [0.4, 0.5) is 0 Å². The van der Waals surface area contributed by atoms with Crippen molar-refractivity contribution in [3.8, 4) is 16.9 Å². The smallest absolute Gasteiger partial charge is 0.303 e. The summed E-state index contributed by atoms with van der Waals surface area (Å²) >= 11 is 0. The molecule has 3 aromatic rings. The van der Waals surface area contributed by atoms with Crippen LogP contribution in [-0.4, -0.2) is 35.0 Å². The summed E-state index contributed by atoms with van der Waals surface area (Å²) in [5, 5.41) is 9.18. The lowest BCUT2D eigenvalue weighted by Crippen LogP contribution is -2.25. The number of carbonyl (C=O) groups excluding carboxylic acids is 1. The van der Waals surface area contributed by atoms with Crippen molar-refractivity contribution in [2.24, 2.45) is 0 Å². The third kappa shape index (κ3) is 9.90. The van der Waals surface area contributed by atoms with E-state index in [2.05, 4.69) is 55.5 Å². The minimum absolute atomic E-state index is 0.113. The number of carbonyl (C=O) groups is 2. The summed E-state index contributed by atoms with van der Waals surface area (Å²) in [5.41, 5.74) is 6.76. The van der Waals surface area contributed by atoms with Gasteiger partial charge in [-0.1, -0.05) is 68.3 Å². The van der Waals surface area contributed by atoms with Crippen molar-refractivity contribution in [2.75, 3.05) is 7.05 Å². The molecule has 5 nitrogen and oxygen atoms in total. The van der Waals surface area contributed by atoms with Gasteiger partial charge in [-0.3, -0.25) is 9.59 Å². The quantitative estimate of drug-likeness (QED) is 0.207. The van der Waals surface area contributed by atoms with Gasteiger partial charge >= 0.3 is 5.97 Å². The number of ether oxygens (including phenoxy) is 1. The Morgan fingerprint density at radius 1 is 0.846 bits per heavy atom. The lowest BCUT2D eigenvalue weighted by atomic mass is 9.91. The van der Waals surface area contributed by atoms with E-state index in [4.69, 9.17) is 4.74 Å². The Kier molecular flexibility index (Phi) is 11.6. The highest BCUT2D eigenvalue weighted by atomic mass is 16.5. The molecule has 0 aliphatic carbocycles. The summed E-state index contributed by atoms with van der Waals surface area (Å²) in [7, 11) is 1.88. The standard InChI is InChI=1S/C34H43NO4/c1-5-6-7-14-33(36)35(4)24-28-11-8-12-29(22-28)32-19-16-27(17-20-34(37)38)21-30(32)18-15-26-10-9-13-31(23-26)39-25(2)3/h8-13,16,19,21-23,25H,5-7,14-15,17-18,20,24H2,1-4H3,(H,37,38). The molecule has 1 N–H and O–H groups in total. The van der Waals surface area contributed by atoms with E-state index in [-0.39, 0.29) is 18.4 Å². The number of aryl methyl sites for hydroxylation is 3. The lowest BCUT2D eigenvalue weighted by Gasteiger charge is -2.18. The van der Waals surface area contributed by atoms with E-state index in [0.29, 0.717) is 19.4 Å². The number of hydrogen-bond donors (Lipinski definition) is 1. The third-order valence-electron chi connectivity index (χ3n) is 6.83. The molecule has 3 rings (SSSR count). The first kappa shape index (κ1) is 29.9. The summed E-state index contributed by atoms with van der Waals surface area (Å²) in [5.74, 6) is 0.267. The number of nitrogens with zero attached hydrogens (tertiary/aromatic N) is 1. The zero-order valence-electron chi connectivity index (χ0n) is 23.9. The molecule has 0 heterocycles. The van der Waals surface area contributed by atoms with Crippen LogP contribution in [0.15, 0.2) is 66.7 Å². The van der Waals surface area contributed by atoms with Crippen LogP contribution in [0.1, 0.15) is 75.1 Å². The van der Waals surface area contributed by atoms with Gasteiger partial charge in [0.2, 0.25) is 5.91 Å². The summed E-state index contributed by atoms with van der Waals surface area (Å²) < 4.78 is 5.88. The monoisotopic (exact) mass is 529 g/mol. The van der Waals surface area contributed by atoms with Gasteiger partial charge in [-0.25, -0.2) is 0 Å². The molecule has 0 aliphatic heterocycles. The topological polar surface area (TPSA) is 66.8 Å². The van der Waals surface area contributed by atoms with Gasteiger partial charge in [-0.15, -0.1) is 0 Å². The normalized spacial score (nSPS) is 11.0. The minimum Gasteiger partial charge on any atom is -0.491 e. The van der Waals surface area contributed by atoms with Gasteiger partial charge in [0.25, 0.3) is 0 Å². The fraction of sp³-hybridized carbons (Fsp3) is 0.412. The van der Waals surface area contributed by atoms with Crippen molar-refractivity contribution in [2.45, 2.75) is 84.8 Å². The highest BCUT2D eigenvalue weighted by Gasteiger charge is 2.12. The van der Waals surface area contributed by atoms with Crippen LogP contribution in [0.5, 0.6) is 5.75 Å². The third-order valence-corrected chi connectivity index (χ3v) is 6.83. The summed E-state index contributed by atoms with van der Waals surface area (Å²) in [6, 6.07) is 22.9. The van der Waals surface area contributed by atoms with Gasteiger partial charge in [0.05, 0.1) is 6.10 Å². The van der Waals surface area contributed by atoms with Crippen LogP contribution < -0.4 is 4.74 Å². The maximum Gasteiger partial charge on any atom is 0.303 e. The second-order valence-electron chi connectivity index (χ2n) is 10.6. The van der Waals surface area contributed by atoms with E-state index >= 15 is 0 Å². The number of benzene rings is 3. The predicted octanol–water partition coefficient (Wildman–Crippen LogP) is 7.48. The molecule has 0 spiro atoms. The van der Waals surface area contributed by atoms with Crippen molar-refractivity contribution >= 4 is 11.9 Å². The van der Waals surface area contributed by atoms with Crippen LogP contribution in [0.25, 0.3) is 11.1 Å². The van der Waals surface area contributed by atoms with E-state index < -0.39 is 5.97 Å². The molecule has 39 heavy (non-hydrogen) atoms. The van der Waals surface area contributed by atoms with Gasteiger partial charge in [0.15, 0.2) is 0 Å². The Bertz CT molecular complexity index is 1230. The first-order valence-corrected chi connectivity index (χ1v) is 14.2. The van der Waals surface area contributed by atoms with Crippen molar-refractivity contribution in [3.05, 3.63) is 89.0 Å². The number of hydrogen-bond acceptors (Lipinski definition) is 3. The Labute approximate surface area is 233 Å². The number of carboxylic acids is 1. The molecule has 0 aliphatic rings. The molecule has 1 amide bonds. The van der Waals surface area contributed by atoms with Crippen molar-refractivity contribution in [1.29, 1.82) is 0 Å². The van der Waals surface area contributed by atoms with Crippen LogP contribution >= 0.6 is 0 Å². The zero-order chi connectivity index (χ0) is 28.2. The molecule has 0 aromatic heterocycles. The van der Waals surface area contributed by atoms with E-state index in [1.807, 2.05) is 44.0 Å². The van der Waals surface area contributed by atoms with Crippen molar-refractivity contribution in [1.82, 2.24) is 4.90 Å². The van der Waals surface area contributed by atoms with E-state index in [1.54, 1.807) is 0 Å². The Morgan fingerprint density at radius 3 is 2.33 bits per heavy atom. The maximum absolute atomic E-state index is 12.6. The highest BCUT2D eigenvalue weighted by Crippen LogP contribution is 2.28. The molecule has 0 saturated heterocycles. The van der Waals surface area contributed by atoms with Gasteiger partial charge in [0.1, 0.15) is 5.75 Å². The second-order valence-corrected chi connectivity index (χ2v) is 10.6. The van der Waals surface area contributed by atoms with Crippen molar-refractivity contribution < 1.29 is 19.4 Å². The van der Waals surface area contributed by atoms with E-state index in [1.165, 1.54) is 11.1 Å². The first-order chi connectivity index (χ1) is 18.7. The molecule has 5 heteroatoms. The predicted molar refractivity (Wildman–Crippen MR) is 158 cm³/mol. The number of carboxylic acid groups (broad SMARTS) is 1. The molecule has 0 saturated carbocycles. The summed E-state index contributed by atoms with van der Waals surface area (Å²) in [6.07, 6.45) is 6.12. The second kappa shape index (κ2) is 15.1. The first-order valence-electron chi connectivity index (χ1n) is 14.2. The van der Waals surface area contributed by atoms with Crippen LogP contribution in [-0.2, 0) is 35.4 Å². The van der Waals surface area contributed by atoms with Gasteiger partial charge in [-0.2, -0.15) is 0 Å². The van der Waals surface area contributed by atoms with Gasteiger partial charge < -0.3 is 14.7 Å². The average molecular weight is 530 g/mol. The van der Waals surface area contributed by atoms with E-state index in [9.17, 15) is 14.7 Å². The fourth-order valence-electron chi connectivity index (χ4n) is 4.78. The number of rotatable bonds is 15. The van der Waals surface area contributed by atoms with Crippen molar-refractivity contribution in [3.63, 3.8) is 0 Å². The molecule has 0 atom stereocenters. The fourth-order valence-corrected chi connectivity index (χ4v) is 4.78. The Hall–Kier alpha value is -3.60. The molecule has 0 fully saturated rings. The maximum atomic E-state index is 12.6. The van der Waals surface area contributed by atoms with Crippen LogP contribution in [0.3, 0.4) is 0 Å². The minimum atomic E-state index is -0.788. The molecule has 0 radical (unpaired) electrons. The zero-order valence-corrected chi connectivity index (χ0v) is 23.9. The molecular weight excluding hydrogens is 486 g/mol. The molecule has 208 valence electrons. The molecule has 0 unspecified atom stereocenters. The molecule has 0 bridgehead atoms. The molecular formula is C34H43NO4. The average Bonchev–Trinajstić information content (AvgIpc) is 2.91. The Balaban J connectivity index is 1.83. The number of aliphatic carboxylic acids is 1. The van der Waals surface area contributed by atoms with Crippen LogP contribution in [0.2, 0.25) is 0 Å². The van der Waals surface area contributed by atoms with Gasteiger partial charge in [-0.05, 0) is 91.1 Å². The Morgan fingerprint density at radius 2 is 1.59 bits per heavy atom. The number of unbranched alkanes of at least 4 members (excludes halogenated alkanes) is 2. The highest BCUT2D eigenvalue weighted by molar-refractivity contribution is 5.76. The number of amides is 1. The largest absolute Gasteiger partial charge is 0.491 e. The molecule has 3 aromatic carbocycles. The lowest BCUT2D eigenvalue weighted by molar-refractivity contribution is -0.137. The summed E-state index contributed by atoms with van der Waals surface area (Å²) in [6.45, 7) is 6.77. The van der Waals surface area contributed by atoms with Gasteiger partial charge in [0, 0.05) is 26.4 Å². The summed E-state index contributed by atoms with van der Waals surface area (Å²) in [4.78, 5) is 25.5.